The molecule has 1 amide bonds. The molecule has 6 nitrogen and oxygen atoms in total. The number of hydrogen-bond donors (Lipinski definition) is 2. The summed E-state index contributed by atoms with van der Waals surface area (Å²) in [5.74, 6) is 1.70. The van der Waals surface area contributed by atoms with Crippen molar-refractivity contribution in [3.8, 4) is 17.1 Å². The second-order valence-electron chi connectivity index (χ2n) is 6.30. The third kappa shape index (κ3) is 5.36. The summed E-state index contributed by atoms with van der Waals surface area (Å²) in [7, 11) is 1.63. The molecule has 1 atom stereocenters. The largest absolute Gasteiger partial charge is 0.497 e. The van der Waals surface area contributed by atoms with Crippen molar-refractivity contribution in [3.05, 3.63) is 60.2 Å². The Kier molecular flexibility index (Phi) is 7.08. The number of amides is 1. The van der Waals surface area contributed by atoms with Gasteiger partial charge in [0.15, 0.2) is 5.82 Å². The third-order valence-electron chi connectivity index (χ3n) is 4.28. The lowest BCUT2D eigenvalue weighted by Crippen LogP contribution is -2.29. The highest BCUT2D eigenvalue weighted by Crippen LogP contribution is 2.22. The number of carbonyl (C=O) groups excluding carboxylic acids is 1. The monoisotopic (exact) mass is 396 g/mol. The van der Waals surface area contributed by atoms with Gasteiger partial charge in [-0.05, 0) is 36.2 Å². The summed E-state index contributed by atoms with van der Waals surface area (Å²) in [5, 5.41) is 10.8. The molecule has 2 N–H and O–H groups in total. The first-order valence-corrected chi connectivity index (χ1v) is 10.2. The van der Waals surface area contributed by atoms with Crippen LogP contribution in [0.5, 0.6) is 5.75 Å². The van der Waals surface area contributed by atoms with E-state index in [0.29, 0.717) is 11.0 Å². The maximum atomic E-state index is 12.4. The van der Waals surface area contributed by atoms with Gasteiger partial charge in [-0.2, -0.15) is 0 Å². The van der Waals surface area contributed by atoms with Crippen LogP contribution in [0.1, 0.15) is 31.4 Å². The van der Waals surface area contributed by atoms with Crippen LogP contribution in [-0.2, 0) is 4.79 Å². The molecule has 1 heterocycles. The smallest absolute Gasteiger partial charge is 0.230 e. The minimum Gasteiger partial charge on any atom is -0.497 e. The molecule has 3 aromatic rings. The van der Waals surface area contributed by atoms with Crippen molar-refractivity contribution in [1.29, 1.82) is 0 Å². The summed E-state index contributed by atoms with van der Waals surface area (Å²) in [6.07, 6.45) is 1.90. The van der Waals surface area contributed by atoms with Gasteiger partial charge in [0.1, 0.15) is 5.75 Å². The number of nitrogens with zero attached hydrogens (tertiary/aromatic N) is 2. The van der Waals surface area contributed by atoms with Gasteiger partial charge in [-0.3, -0.25) is 9.89 Å². The Balaban J connectivity index is 1.56. The van der Waals surface area contributed by atoms with E-state index >= 15 is 0 Å². The number of aromatic nitrogens is 3. The molecule has 2 aromatic carbocycles. The van der Waals surface area contributed by atoms with Gasteiger partial charge < -0.3 is 10.1 Å². The Morgan fingerprint density at radius 3 is 2.61 bits per heavy atom. The van der Waals surface area contributed by atoms with Gasteiger partial charge in [-0.15, -0.1) is 5.10 Å². The number of rotatable bonds is 9. The lowest BCUT2D eigenvalue weighted by Gasteiger charge is -2.18. The van der Waals surface area contributed by atoms with E-state index in [-0.39, 0.29) is 17.7 Å². The first-order chi connectivity index (χ1) is 13.7. The number of thioether (sulfide) groups is 1. The van der Waals surface area contributed by atoms with E-state index in [9.17, 15) is 4.79 Å². The lowest BCUT2D eigenvalue weighted by atomic mass is 10.0. The van der Waals surface area contributed by atoms with Gasteiger partial charge in [0.2, 0.25) is 11.1 Å². The average molecular weight is 397 g/mol. The first kappa shape index (κ1) is 19.9. The molecule has 0 spiro atoms. The molecule has 0 saturated carbocycles. The van der Waals surface area contributed by atoms with E-state index in [1.54, 1.807) is 7.11 Å². The fourth-order valence-corrected chi connectivity index (χ4v) is 3.46. The van der Waals surface area contributed by atoms with Crippen LogP contribution in [-0.4, -0.2) is 34.0 Å². The summed E-state index contributed by atoms with van der Waals surface area (Å²) in [5.41, 5.74) is 2.04. The van der Waals surface area contributed by atoms with Crippen LogP contribution in [0.3, 0.4) is 0 Å². The molecule has 0 bridgehead atoms. The predicted octanol–water partition coefficient (Wildman–Crippen LogP) is 4.23. The number of aromatic amines is 1. The molecule has 0 saturated heterocycles. The summed E-state index contributed by atoms with van der Waals surface area (Å²) >= 11 is 1.32. The fraction of sp³-hybridized carbons (Fsp3) is 0.286. The zero-order valence-electron chi connectivity index (χ0n) is 16.0. The Morgan fingerprint density at radius 1 is 1.18 bits per heavy atom. The van der Waals surface area contributed by atoms with Crippen molar-refractivity contribution < 1.29 is 9.53 Å². The van der Waals surface area contributed by atoms with Gasteiger partial charge in [0.05, 0.1) is 18.9 Å². The maximum Gasteiger partial charge on any atom is 0.230 e. The van der Waals surface area contributed by atoms with Crippen molar-refractivity contribution in [2.45, 2.75) is 31.0 Å². The number of benzene rings is 2. The number of H-pyrrole nitrogens is 1. The van der Waals surface area contributed by atoms with Crippen molar-refractivity contribution in [1.82, 2.24) is 20.5 Å². The number of ether oxygens (including phenoxy) is 1. The number of nitrogens with one attached hydrogen (secondary N) is 2. The first-order valence-electron chi connectivity index (χ1n) is 9.23. The highest BCUT2D eigenvalue weighted by molar-refractivity contribution is 7.99. The van der Waals surface area contributed by atoms with E-state index in [1.807, 2.05) is 54.6 Å². The second-order valence-corrected chi connectivity index (χ2v) is 7.25. The average Bonchev–Trinajstić information content (AvgIpc) is 3.22. The van der Waals surface area contributed by atoms with Crippen LogP contribution < -0.4 is 10.1 Å². The van der Waals surface area contributed by atoms with Crippen LogP contribution in [0.15, 0.2) is 59.8 Å². The van der Waals surface area contributed by atoms with Crippen molar-refractivity contribution >= 4 is 17.7 Å². The standard InChI is InChI=1S/C21H24N4O2S/c1-3-7-18(15-8-5-4-6-9-15)22-19(26)14-28-21-23-20(24-25-21)16-10-12-17(27-2)13-11-16/h4-6,8-13,18H,3,7,14H2,1-2H3,(H,22,26)(H,23,24,25)/t18-/m1/s1. The van der Waals surface area contributed by atoms with Crippen LogP contribution >= 0.6 is 11.8 Å². The highest BCUT2D eigenvalue weighted by atomic mass is 32.2. The molecule has 146 valence electrons. The molecule has 0 fully saturated rings. The summed E-state index contributed by atoms with van der Waals surface area (Å²) in [4.78, 5) is 16.9. The van der Waals surface area contributed by atoms with Gasteiger partial charge in [0, 0.05) is 5.56 Å². The molecule has 28 heavy (non-hydrogen) atoms. The predicted molar refractivity (Wildman–Crippen MR) is 111 cm³/mol. The van der Waals surface area contributed by atoms with Crippen LogP contribution in [0, 0.1) is 0 Å². The second kappa shape index (κ2) is 9.94. The molecule has 0 aliphatic heterocycles. The fourth-order valence-electron chi connectivity index (χ4n) is 2.85. The van der Waals surface area contributed by atoms with Gasteiger partial charge in [-0.1, -0.05) is 55.4 Å². The molecule has 1 aromatic heterocycles. The van der Waals surface area contributed by atoms with E-state index in [2.05, 4.69) is 27.4 Å². The number of hydrogen-bond acceptors (Lipinski definition) is 5. The lowest BCUT2D eigenvalue weighted by molar-refractivity contribution is -0.119. The minimum absolute atomic E-state index is 0.0249. The molecular weight excluding hydrogens is 372 g/mol. The van der Waals surface area contributed by atoms with Gasteiger partial charge in [-0.25, -0.2) is 4.98 Å². The van der Waals surface area contributed by atoms with Gasteiger partial charge >= 0.3 is 0 Å². The molecule has 0 unspecified atom stereocenters. The quantitative estimate of drug-likeness (QED) is 0.529. The van der Waals surface area contributed by atoms with Crippen molar-refractivity contribution in [2.24, 2.45) is 0 Å². The van der Waals surface area contributed by atoms with E-state index < -0.39 is 0 Å². The summed E-state index contributed by atoms with van der Waals surface area (Å²) in [6, 6.07) is 17.7. The van der Waals surface area contributed by atoms with Gasteiger partial charge in [0.25, 0.3) is 0 Å². The minimum atomic E-state index is -0.0249. The topological polar surface area (TPSA) is 79.9 Å². The Bertz CT molecular complexity index is 881. The maximum absolute atomic E-state index is 12.4. The Hall–Kier alpha value is -2.80. The summed E-state index contributed by atoms with van der Waals surface area (Å²) < 4.78 is 5.16. The normalized spacial score (nSPS) is 11.8. The zero-order chi connectivity index (χ0) is 19.8. The van der Waals surface area contributed by atoms with Crippen LogP contribution in [0.25, 0.3) is 11.4 Å². The van der Waals surface area contributed by atoms with Crippen molar-refractivity contribution in [2.75, 3.05) is 12.9 Å². The number of methoxy groups -OCH3 is 1. The SMILES string of the molecule is CCC[C@@H](NC(=O)CSc1n[nH]c(-c2ccc(OC)cc2)n1)c1ccccc1. The van der Waals surface area contributed by atoms with E-state index in [4.69, 9.17) is 4.74 Å². The summed E-state index contributed by atoms with van der Waals surface area (Å²) in [6.45, 7) is 2.12. The zero-order valence-corrected chi connectivity index (χ0v) is 16.8. The number of carbonyl (C=O) groups is 1. The van der Waals surface area contributed by atoms with Crippen LogP contribution in [0.2, 0.25) is 0 Å². The third-order valence-corrected chi connectivity index (χ3v) is 5.12. The van der Waals surface area contributed by atoms with E-state index in [1.165, 1.54) is 11.8 Å². The molecule has 0 aliphatic rings. The molecule has 7 heteroatoms. The molecule has 0 aliphatic carbocycles. The Labute approximate surface area is 169 Å². The van der Waals surface area contributed by atoms with Crippen molar-refractivity contribution in [3.63, 3.8) is 0 Å². The van der Waals surface area contributed by atoms with Crippen LogP contribution in [0.4, 0.5) is 0 Å². The molecular formula is C21H24N4O2S. The highest BCUT2D eigenvalue weighted by Gasteiger charge is 2.15. The molecule has 3 rings (SSSR count). The Morgan fingerprint density at radius 2 is 1.93 bits per heavy atom. The molecule has 0 radical (unpaired) electrons. The van der Waals surface area contributed by atoms with E-state index in [0.717, 1.165) is 29.7 Å².